The molecule has 4 aliphatic rings. The number of piperidine rings is 2. The Morgan fingerprint density at radius 2 is 1.12 bits per heavy atom. The minimum absolute atomic E-state index is 0. The van der Waals surface area contributed by atoms with Crippen molar-refractivity contribution >= 4 is 38.3 Å². The Labute approximate surface area is 237 Å². The summed E-state index contributed by atoms with van der Waals surface area (Å²) in [7, 11) is 0. The van der Waals surface area contributed by atoms with Gasteiger partial charge >= 0.3 is 12.4 Å². The SMILES string of the molecule is C.C.O=C(CCC(F)(F)F)N1CCC2(CC1)CC(Br)=NO2.O=C(CCC(F)(F)F)N1CCC2(CC1)CC(F)=NO2. The van der Waals surface area contributed by atoms with Crippen molar-refractivity contribution in [3.05, 3.63) is 0 Å². The summed E-state index contributed by atoms with van der Waals surface area (Å²) in [4.78, 5) is 36.5. The molecule has 0 aromatic rings. The maximum absolute atomic E-state index is 12.9. The third-order valence-corrected chi connectivity index (χ3v) is 7.34. The van der Waals surface area contributed by atoms with E-state index in [1.165, 1.54) is 9.80 Å². The van der Waals surface area contributed by atoms with Crippen molar-refractivity contribution in [2.45, 2.75) is 103 Å². The molecule has 0 aromatic carbocycles. The summed E-state index contributed by atoms with van der Waals surface area (Å²) in [5, 5.41) is 7.08. The highest BCUT2D eigenvalue weighted by Gasteiger charge is 2.44. The van der Waals surface area contributed by atoms with Gasteiger partial charge in [0.25, 0.3) is 0 Å². The van der Waals surface area contributed by atoms with E-state index < -0.39 is 61.4 Å². The molecule has 4 heterocycles. The fourth-order valence-corrected chi connectivity index (χ4v) is 5.21. The van der Waals surface area contributed by atoms with Crippen molar-refractivity contribution in [3.63, 3.8) is 0 Å². The van der Waals surface area contributed by atoms with E-state index in [2.05, 4.69) is 26.2 Å². The highest BCUT2D eigenvalue weighted by Crippen LogP contribution is 2.37. The number of alkyl halides is 6. The van der Waals surface area contributed by atoms with Crippen LogP contribution in [0.25, 0.3) is 0 Å². The fraction of sp³-hybridized carbons (Fsp3) is 0.833. The predicted molar refractivity (Wildman–Crippen MR) is 137 cm³/mol. The molecule has 0 saturated carbocycles. The van der Waals surface area contributed by atoms with Crippen molar-refractivity contribution in [3.8, 4) is 0 Å². The van der Waals surface area contributed by atoms with Gasteiger partial charge in [0.05, 0.1) is 19.3 Å². The maximum Gasteiger partial charge on any atom is 0.389 e. The molecule has 232 valence electrons. The number of nitrogens with zero attached hydrogens (tertiary/aromatic N) is 4. The van der Waals surface area contributed by atoms with Crippen LogP contribution in [0.3, 0.4) is 0 Å². The first-order valence-corrected chi connectivity index (χ1v) is 12.9. The van der Waals surface area contributed by atoms with Crippen LogP contribution in [-0.2, 0) is 19.3 Å². The molecule has 8 nitrogen and oxygen atoms in total. The van der Waals surface area contributed by atoms with Gasteiger partial charge in [0.15, 0.2) is 0 Å². The van der Waals surface area contributed by atoms with Gasteiger partial charge in [-0.3, -0.25) is 9.59 Å². The third kappa shape index (κ3) is 10.7. The highest BCUT2D eigenvalue weighted by molar-refractivity contribution is 9.18. The molecule has 2 spiro atoms. The van der Waals surface area contributed by atoms with E-state index in [9.17, 15) is 40.3 Å². The summed E-state index contributed by atoms with van der Waals surface area (Å²) in [5.41, 5.74) is -1.08. The van der Waals surface area contributed by atoms with Crippen LogP contribution in [0.4, 0.5) is 30.7 Å². The summed E-state index contributed by atoms with van der Waals surface area (Å²) < 4.78 is 85.8. The van der Waals surface area contributed by atoms with Crippen molar-refractivity contribution in [2.24, 2.45) is 10.3 Å². The minimum Gasteiger partial charge on any atom is -0.388 e. The Bertz CT molecular complexity index is 853. The summed E-state index contributed by atoms with van der Waals surface area (Å²) in [6.07, 6.45) is -9.05. The Morgan fingerprint density at radius 1 is 0.750 bits per heavy atom. The number of carbonyl (C=O) groups is 2. The number of amides is 2. The van der Waals surface area contributed by atoms with Gasteiger partial charge in [-0.15, -0.1) is 0 Å². The van der Waals surface area contributed by atoms with E-state index in [-0.39, 0.29) is 40.0 Å². The zero-order valence-electron chi connectivity index (χ0n) is 20.3. The fourth-order valence-electron chi connectivity index (χ4n) is 4.63. The molecule has 0 aliphatic carbocycles. The van der Waals surface area contributed by atoms with Crippen LogP contribution >= 0.6 is 15.9 Å². The van der Waals surface area contributed by atoms with E-state index >= 15 is 0 Å². The number of rotatable bonds is 4. The molecule has 2 fully saturated rings. The van der Waals surface area contributed by atoms with Crippen LogP contribution in [0.15, 0.2) is 10.3 Å². The lowest BCUT2D eigenvalue weighted by Crippen LogP contribution is -2.46. The Morgan fingerprint density at radius 3 is 1.43 bits per heavy atom. The zero-order valence-corrected chi connectivity index (χ0v) is 21.9. The lowest BCUT2D eigenvalue weighted by Gasteiger charge is -2.37. The molecule has 0 bridgehead atoms. The number of carbonyl (C=O) groups excluding carboxylic acids is 2. The first-order valence-electron chi connectivity index (χ1n) is 12.1. The summed E-state index contributed by atoms with van der Waals surface area (Å²) >= 11 is 3.26. The van der Waals surface area contributed by atoms with Crippen molar-refractivity contribution < 1.29 is 50.0 Å². The molecule has 4 rings (SSSR count). The molecule has 0 atom stereocenters. The van der Waals surface area contributed by atoms with Crippen molar-refractivity contribution in [1.82, 2.24) is 9.80 Å². The number of oxime groups is 2. The summed E-state index contributed by atoms with van der Waals surface area (Å²) in [6, 6.07) is 0. The zero-order chi connectivity index (χ0) is 28.2. The van der Waals surface area contributed by atoms with Gasteiger partial charge in [0.1, 0.15) is 15.8 Å². The number of halogens is 8. The largest absolute Gasteiger partial charge is 0.389 e. The first kappa shape index (κ1) is 35.9. The molecular formula is C24H36BrF7N4O4. The topological polar surface area (TPSA) is 83.8 Å². The number of likely N-dealkylation sites (tertiary alicyclic amines) is 2. The Balaban J connectivity index is 0.000000381. The molecule has 2 amide bonds. The van der Waals surface area contributed by atoms with Crippen LogP contribution in [0.1, 0.15) is 79.1 Å². The minimum atomic E-state index is -4.32. The van der Waals surface area contributed by atoms with Crippen molar-refractivity contribution in [2.75, 3.05) is 26.2 Å². The number of hydrogen-bond acceptors (Lipinski definition) is 6. The molecule has 40 heavy (non-hydrogen) atoms. The normalized spacial score (nSPS) is 21.2. The Kier molecular flexibility index (Phi) is 12.7. The first-order chi connectivity index (χ1) is 17.6. The Hall–Kier alpha value is -2.13. The second-order valence-electron chi connectivity index (χ2n) is 9.83. The van der Waals surface area contributed by atoms with Gasteiger partial charge in [-0.05, 0) is 15.9 Å². The van der Waals surface area contributed by atoms with E-state index in [0.29, 0.717) is 45.2 Å². The maximum atomic E-state index is 12.9. The van der Waals surface area contributed by atoms with Gasteiger partial charge in [-0.25, -0.2) is 0 Å². The van der Waals surface area contributed by atoms with E-state index in [4.69, 9.17) is 9.68 Å². The standard InChI is InChI=1S/C11H14BrF3N2O2.C11H14F4N2O2.2CH4/c2*12-8-7-10(19-16-8)3-5-17(6-4-10)9(18)1-2-11(13,14)15;;/h2*1-7H2;2*1H4. The van der Waals surface area contributed by atoms with Crippen molar-refractivity contribution in [1.29, 1.82) is 0 Å². The van der Waals surface area contributed by atoms with Gasteiger partial charge in [0.2, 0.25) is 17.8 Å². The van der Waals surface area contributed by atoms with Crippen LogP contribution < -0.4 is 0 Å². The van der Waals surface area contributed by atoms with E-state index in [1.54, 1.807) is 0 Å². The average Bonchev–Trinajstić information content (AvgIpc) is 3.38. The molecule has 4 aliphatic heterocycles. The van der Waals surface area contributed by atoms with Crippen LogP contribution in [0.2, 0.25) is 0 Å². The lowest BCUT2D eigenvalue weighted by molar-refractivity contribution is -0.152. The molecule has 0 N–H and O–H groups in total. The summed E-state index contributed by atoms with van der Waals surface area (Å²) in [6.45, 7) is 1.40. The van der Waals surface area contributed by atoms with E-state index in [1.807, 2.05) is 0 Å². The molecule has 2 saturated heterocycles. The highest BCUT2D eigenvalue weighted by atomic mass is 79.9. The smallest absolute Gasteiger partial charge is 0.388 e. The van der Waals surface area contributed by atoms with Gasteiger partial charge < -0.3 is 19.5 Å². The third-order valence-electron chi connectivity index (χ3n) is 6.91. The molecule has 16 heteroatoms. The van der Waals surface area contributed by atoms with Crippen LogP contribution in [-0.4, -0.2) is 81.9 Å². The molecular weight excluding hydrogens is 621 g/mol. The monoisotopic (exact) mass is 656 g/mol. The van der Waals surface area contributed by atoms with E-state index in [0.717, 1.165) is 4.62 Å². The van der Waals surface area contributed by atoms with Gasteiger partial charge in [-0.2, -0.15) is 30.7 Å². The molecule has 0 unspecified atom stereocenters. The van der Waals surface area contributed by atoms with Gasteiger partial charge in [-0.1, -0.05) is 25.2 Å². The lowest BCUT2D eigenvalue weighted by atomic mass is 9.88. The molecule has 0 radical (unpaired) electrons. The predicted octanol–water partition coefficient (Wildman–Crippen LogP) is 6.48. The second kappa shape index (κ2) is 14.2. The van der Waals surface area contributed by atoms with Crippen LogP contribution in [0.5, 0.6) is 0 Å². The number of hydrogen-bond donors (Lipinski definition) is 0. The average molecular weight is 657 g/mol. The van der Waals surface area contributed by atoms with Gasteiger partial charge in [0, 0.05) is 71.1 Å². The quantitative estimate of drug-likeness (QED) is 0.324. The van der Waals surface area contributed by atoms with Crippen LogP contribution in [0, 0.1) is 0 Å². The summed E-state index contributed by atoms with van der Waals surface area (Å²) in [5.74, 6) is -1.53. The molecule has 0 aromatic heterocycles. The second-order valence-corrected chi connectivity index (χ2v) is 10.7.